The lowest BCUT2D eigenvalue weighted by atomic mass is 10.2. The van der Waals surface area contributed by atoms with Gasteiger partial charge < -0.3 is 5.11 Å². The van der Waals surface area contributed by atoms with Gasteiger partial charge in [0, 0.05) is 30.6 Å². The van der Waals surface area contributed by atoms with Crippen molar-refractivity contribution in [2.45, 2.75) is 25.1 Å². The Labute approximate surface area is 111 Å². The number of carbonyl (C=O) groups is 1. The number of thioether (sulfide) groups is 1. The molecule has 18 heavy (non-hydrogen) atoms. The third-order valence-electron chi connectivity index (χ3n) is 3.09. The van der Waals surface area contributed by atoms with E-state index in [1.807, 2.05) is 17.8 Å². The Morgan fingerprint density at radius 1 is 1.61 bits per heavy atom. The Kier molecular flexibility index (Phi) is 4.60. The number of nitrogens with zero attached hydrogens (tertiary/aromatic N) is 2. The maximum Gasteiger partial charge on any atom is 0.354 e. The summed E-state index contributed by atoms with van der Waals surface area (Å²) in [4.78, 5) is 17.4. The predicted molar refractivity (Wildman–Crippen MR) is 73.0 cm³/mol. The molecule has 1 atom stereocenters. The first-order valence-corrected chi connectivity index (χ1v) is 7.27. The van der Waals surface area contributed by atoms with Crippen molar-refractivity contribution in [3.8, 4) is 0 Å². The van der Waals surface area contributed by atoms with Crippen LogP contribution in [0.5, 0.6) is 0 Å². The second kappa shape index (κ2) is 6.20. The Balaban J connectivity index is 2.00. The van der Waals surface area contributed by atoms with Crippen molar-refractivity contribution in [3.63, 3.8) is 0 Å². The van der Waals surface area contributed by atoms with Gasteiger partial charge in [0.1, 0.15) is 5.69 Å². The molecule has 1 unspecified atom stereocenters. The van der Waals surface area contributed by atoms with Gasteiger partial charge in [-0.2, -0.15) is 11.8 Å². The molecule has 4 nitrogen and oxygen atoms in total. The van der Waals surface area contributed by atoms with E-state index in [1.54, 1.807) is 6.07 Å². The lowest BCUT2D eigenvalue weighted by Gasteiger charge is -2.31. The third kappa shape index (κ3) is 3.46. The fourth-order valence-corrected chi connectivity index (χ4v) is 3.34. The Morgan fingerprint density at radius 3 is 3.17 bits per heavy atom. The quantitative estimate of drug-likeness (QED) is 0.904. The zero-order valence-corrected chi connectivity index (χ0v) is 11.3. The fraction of sp³-hybridized carbons (Fsp3) is 0.538. The van der Waals surface area contributed by atoms with Crippen molar-refractivity contribution >= 4 is 17.7 Å². The van der Waals surface area contributed by atoms with Crippen LogP contribution in [0.1, 0.15) is 29.5 Å². The molecule has 0 aliphatic carbocycles. The normalized spacial score (nSPS) is 20.8. The second-order valence-corrected chi connectivity index (χ2v) is 5.86. The van der Waals surface area contributed by atoms with Crippen LogP contribution < -0.4 is 0 Å². The van der Waals surface area contributed by atoms with Gasteiger partial charge in [0.15, 0.2) is 0 Å². The van der Waals surface area contributed by atoms with Gasteiger partial charge in [-0.1, -0.05) is 13.0 Å². The summed E-state index contributed by atoms with van der Waals surface area (Å²) < 4.78 is 0. The Hall–Kier alpha value is -1.07. The van der Waals surface area contributed by atoms with Crippen LogP contribution in [0.25, 0.3) is 0 Å². The highest BCUT2D eigenvalue weighted by Gasteiger charge is 2.19. The van der Waals surface area contributed by atoms with Crippen molar-refractivity contribution < 1.29 is 9.90 Å². The molecule has 5 heteroatoms. The average molecular weight is 266 g/mol. The maximum absolute atomic E-state index is 10.9. The Bertz CT molecular complexity index is 425. The highest BCUT2D eigenvalue weighted by Crippen LogP contribution is 2.22. The molecule has 1 aliphatic rings. The number of aromatic carboxylic acids is 1. The zero-order chi connectivity index (χ0) is 13.0. The molecule has 2 rings (SSSR count). The molecule has 0 amide bonds. The van der Waals surface area contributed by atoms with E-state index >= 15 is 0 Å². The molecule has 1 fully saturated rings. The first-order valence-electron chi connectivity index (χ1n) is 6.22. The largest absolute Gasteiger partial charge is 0.477 e. The summed E-state index contributed by atoms with van der Waals surface area (Å²) in [6, 6.07) is 5.20. The molecule has 1 N–H and O–H groups in total. The molecule has 0 saturated carbocycles. The summed E-state index contributed by atoms with van der Waals surface area (Å²) in [6.45, 7) is 5.09. The average Bonchev–Trinajstić information content (AvgIpc) is 2.39. The van der Waals surface area contributed by atoms with E-state index in [0.29, 0.717) is 5.25 Å². The molecule has 1 aromatic heterocycles. The van der Waals surface area contributed by atoms with E-state index in [-0.39, 0.29) is 5.69 Å². The standard InChI is InChI=1S/C13H18N2O2S/c1-2-11-9-15(6-7-18-11)8-10-4-3-5-12(14-10)13(16)17/h3-5,11H,2,6-9H2,1H3,(H,16,17). The molecule has 98 valence electrons. The number of pyridine rings is 1. The topological polar surface area (TPSA) is 53.4 Å². The molecule has 2 heterocycles. The number of aromatic nitrogens is 1. The first kappa shape index (κ1) is 13.4. The lowest BCUT2D eigenvalue weighted by Crippen LogP contribution is -2.37. The van der Waals surface area contributed by atoms with Crippen molar-refractivity contribution in [3.05, 3.63) is 29.6 Å². The summed E-state index contributed by atoms with van der Waals surface area (Å²) in [6.07, 6.45) is 1.18. The summed E-state index contributed by atoms with van der Waals surface area (Å²) in [5.41, 5.74) is 0.975. The van der Waals surface area contributed by atoms with Gasteiger partial charge in [-0.25, -0.2) is 9.78 Å². The van der Waals surface area contributed by atoms with Crippen LogP contribution >= 0.6 is 11.8 Å². The minimum Gasteiger partial charge on any atom is -0.477 e. The van der Waals surface area contributed by atoms with Crippen molar-refractivity contribution in [1.29, 1.82) is 0 Å². The molecular formula is C13H18N2O2S. The molecule has 0 radical (unpaired) electrons. The predicted octanol–water partition coefficient (Wildman–Crippen LogP) is 2.11. The van der Waals surface area contributed by atoms with E-state index in [1.165, 1.54) is 12.5 Å². The van der Waals surface area contributed by atoms with Crippen LogP contribution in [-0.2, 0) is 6.54 Å². The first-order chi connectivity index (χ1) is 8.69. The van der Waals surface area contributed by atoms with Gasteiger partial charge in [0.05, 0.1) is 5.69 Å². The van der Waals surface area contributed by atoms with E-state index < -0.39 is 5.97 Å². The maximum atomic E-state index is 10.9. The van der Waals surface area contributed by atoms with E-state index in [2.05, 4.69) is 16.8 Å². The van der Waals surface area contributed by atoms with Crippen molar-refractivity contribution in [2.75, 3.05) is 18.8 Å². The van der Waals surface area contributed by atoms with Gasteiger partial charge >= 0.3 is 5.97 Å². The highest BCUT2D eigenvalue weighted by molar-refractivity contribution is 8.00. The second-order valence-electron chi connectivity index (χ2n) is 4.46. The molecule has 1 saturated heterocycles. The monoisotopic (exact) mass is 266 g/mol. The fourth-order valence-electron chi connectivity index (χ4n) is 2.09. The van der Waals surface area contributed by atoms with Crippen LogP contribution in [0.2, 0.25) is 0 Å². The molecular weight excluding hydrogens is 248 g/mol. The molecule has 1 aromatic rings. The van der Waals surface area contributed by atoms with E-state index in [0.717, 1.165) is 31.1 Å². The van der Waals surface area contributed by atoms with Gasteiger partial charge in [-0.05, 0) is 18.6 Å². The van der Waals surface area contributed by atoms with Crippen molar-refractivity contribution in [1.82, 2.24) is 9.88 Å². The smallest absolute Gasteiger partial charge is 0.354 e. The van der Waals surface area contributed by atoms with Gasteiger partial charge in [0.2, 0.25) is 0 Å². The van der Waals surface area contributed by atoms with Crippen molar-refractivity contribution in [2.24, 2.45) is 0 Å². The third-order valence-corrected chi connectivity index (χ3v) is 4.46. The summed E-state index contributed by atoms with van der Waals surface area (Å²) in [5.74, 6) is 0.189. The number of hydrogen-bond donors (Lipinski definition) is 1. The number of rotatable bonds is 4. The van der Waals surface area contributed by atoms with Crippen LogP contribution in [0.15, 0.2) is 18.2 Å². The van der Waals surface area contributed by atoms with Gasteiger partial charge in [-0.3, -0.25) is 4.90 Å². The minimum atomic E-state index is -0.961. The molecule has 1 aliphatic heterocycles. The van der Waals surface area contributed by atoms with Gasteiger partial charge in [0.25, 0.3) is 0 Å². The minimum absolute atomic E-state index is 0.130. The molecule has 0 aromatic carbocycles. The van der Waals surface area contributed by atoms with Gasteiger partial charge in [-0.15, -0.1) is 0 Å². The SMILES string of the molecule is CCC1CN(Cc2cccc(C(=O)O)n2)CCS1. The number of hydrogen-bond acceptors (Lipinski definition) is 4. The number of carboxylic acids is 1. The van der Waals surface area contributed by atoms with E-state index in [4.69, 9.17) is 5.11 Å². The highest BCUT2D eigenvalue weighted by atomic mass is 32.2. The summed E-state index contributed by atoms with van der Waals surface area (Å²) in [5, 5.41) is 9.61. The number of carboxylic acid groups (broad SMARTS) is 1. The van der Waals surface area contributed by atoms with Crippen LogP contribution in [0, 0.1) is 0 Å². The molecule has 0 spiro atoms. The zero-order valence-electron chi connectivity index (χ0n) is 10.5. The lowest BCUT2D eigenvalue weighted by molar-refractivity contribution is 0.0690. The van der Waals surface area contributed by atoms with E-state index in [9.17, 15) is 4.79 Å². The van der Waals surface area contributed by atoms with Crippen LogP contribution in [0.3, 0.4) is 0 Å². The summed E-state index contributed by atoms with van der Waals surface area (Å²) >= 11 is 2.03. The summed E-state index contributed by atoms with van der Waals surface area (Å²) in [7, 11) is 0. The van der Waals surface area contributed by atoms with Crippen LogP contribution in [0.4, 0.5) is 0 Å². The van der Waals surface area contributed by atoms with Crippen LogP contribution in [-0.4, -0.2) is 45.1 Å². The Morgan fingerprint density at radius 2 is 2.44 bits per heavy atom. The molecule has 0 bridgehead atoms.